The Morgan fingerprint density at radius 1 is 1.58 bits per heavy atom. The number of likely N-dealkylation sites (N-methyl/N-ethyl adjacent to an activating group) is 1. The minimum atomic E-state index is -3.19. The third kappa shape index (κ3) is 3.68. The molecule has 0 unspecified atom stereocenters. The highest BCUT2D eigenvalue weighted by Gasteiger charge is 2.16. The SMILES string of the molecule is CCCS(=O)(=O)N(C)CC(=N)N. The molecule has 0 bridgehead atoms. The molecule has 0 radical (unpaired) electrons. The summed E-state index contributed by atoms with van der Waals surface area (Å²) in [7, 11) is -1.77. The fourth-order valence-corrected chi connectivity index (χ4v) is 1.92. The van der Waals surface area contributed by atoms with Crippen molar-refractivity contribution in [3.05, 3.63) is 0 Å². The third-order valence-electron chi connectivity index (χ3n) is 1.33. The minimum absolute atomic E-state index is 0.0255. The van der Waals surface area contributed by atoms with E-state index in [-0.39, 0.29) is 18.1 Å². The van der Waals surface area contributed by atoms with Gasteiger partial charge in [-0.2, -0.15) is 4.31 Å². The molecule has 0 aliphatic rings. The van der Waals surface area contributed by atoms with Gasteiger partial charge in [0.2, 0.25) is 10.0 Å². The Labute approximate surface area is 73.1 Å². The third-order valence-corrected chi connectivity index (χ3v) is 3.33. The van der Waals surface area contributed by atoms with E-state index in [1.54, 1.807) is 6.92 Å². The summed E-state index contributed by atoms with van der Waals surface area (Å²) in [5.41, 5.74) is 5.06. The Kier molecular flexibility index (Phi) is 4.19. The fourth-order valence-electron chi connectivity index (χ4n) is 0.752. The minimum Gasteiger partial charge on any atom is -0.387 e. The van der Waals surface area contributed by atoms with Crippen LogP contribution in [-0.4, -0.2) is 37.9 Å². The Hall–Kier alpha value is -0.620. The van der Waals surface area contributed by atoms with Gasteiger partial charge >= 0.3 is 0 Å². The number of hydrogen-bond acceptors (Lipinski definition) is 3. The first-order valence-electron chi connectivity index (χ1n) is 3.67. The average molecular weight is 193 g/mol. The number of rotatable bonds is 5. The zero-order valence-corrected chi connectivity index (χ0v) is 8.19. The molecule has 0 saturated carbocycles. The van der Waals surface area contributed by atoms with Gasteiger partial charge in [-0.3, -0.25) is 5.41 Å². The molecule has 0 aliphatic carbocycles. The van der Waals surface area contributed by atoms with E-state index in [0.717, 1.165) is 4.31 Å². The lowest BCUT2D eigenvalue weighted by Gasteiger charge is -2.15. The van der Waals surface area contributed by atoms with Crippen molar-refractivity contribution in [2.75, 3.05) is 19.3 Å². The summed E-state index contributed by atoms with van der Waals surface area (Å²) in [6.07, 6.45) is 0.574. The van der Waals surface area contributed by atoms with Gasteiger partial charge in [0.25, 0.3) is 0 Å². The van der Waals surface area contributed by atoms with E-state index in [2.05, 4.69) is 0 Å². The van der Waals surface area contributed by atoms with Gasteiger partial charge in [0.05, 0.1) is 12.3 Å². The first kappa shape index (κ1) is 11.4. The number of amidine groups is 1. The Bertz CT molecular complexity index is 248. The molecular weight excluding hydrogens is 178 g/mol. The van der Waals surface area contributed by atoms with Crippen LogP contribution in [0.3, 0.4) is 0 Å². The van der Waals surface area contributed by atoms with E-state index >= 15 is 0 Å². The number of hydrogen-bond donors (Lipinski definition) is 2. The van der Waals surface area contributed by atoms with Gasteiger partial charge in [0.15, 0.2) is 0 Å². The Morgan fingerprint density at radius 2 is 2.08 bits per heavy atom. The molecule has 6 heteroatoms. The second-order valence-electron chi connectivity index (χ2n) is 2.60. The van der Waals surface area contributed by atoms with Crippen molar-refractivity contribution in [1.82, 2.24) is 4.31 Å². The van der Waals surface area contributed by atoms with Crippen molar-refractivity contribution < 1.29 is 8.42 Å². The van der Waals surface area contributed by atoms with Crippen molar-refractivity contribution in [3.8, 4) is 0 Å². The van der Waals surface area contributed by atoms with Crippen LogP contribution in [0.1, 0.15) is 13.3 Å². The van der Waals surface area contributed by atoms with Crippen LogP contribution in [0.25, 0.3) is 0 Å². The van der Waals surface area contributed by atoms with E-state index in [1.807, 2.05) is 0 Å². The summed E-state index contributed by atoms with van der Waals surface area (Å²) < 4.78 is 23.6. The second-order valence-corrected chi connectivity index (χ2v) is 4.79. The van der Waals surface area contributed by atoms with Gasteiger partial charge in [0.1, 0.15) is 5.84 Å². The number of nitrogens with zero attached hydrogens (tertiary/aromatic N) is 1. The standard InChI is InChI=1S/C6H15N3O2S/c1-3-4-12(10,11)9(2)5-6(7)8/h3-5H2,1-2H3,(H3,7,8). The quantitative estimate of drug-likeness (QED) is 0.460. The molecule has 0 atom stereocenters. The predicted octanol–water partition coefficient (Wildman–Crippen LogP) is -0.406. The van der Waals surface area contributed by atoms with Gasteiger partial charge in [-0.05, 0) is 6.42 Å². The second kappa shape index (κ2) is 4.42. The molecule has 72 valence electrons. The summed E-state index contributed by atoms with van der Waals surface area (Å²) in [5, 5.41) is 6.91. The van der Waals surface area contributed by atoms with Crippen LogP contribution < -0.4 is 5.73 Å². The maximum absolute atomic E-state index is 11.2. The molecule has 0 aromatic rings. The monoisotopic (exact) mass is 193 g/mol. The first-order chi connectivity index (χ1) is 5.40. The average Bonchev–Trinajstić information content (AvgIpc) is 1.85. The molecule has 12 heavy (non-hydrogen) atoms. The lowest BCUT2D eigenvalue weighted by Crippen LogP contribution is -2.36. The van der Waals surface area contributed by atoms with E-state index in [0.29, 0.717) is 6.42 Å². The maximum atomic E-state index is 11.2. The van der Waals surface area contributed by atoms with Crippen molar-refractivity contribution >= 4 is 15.9 Å². The highest BCUT2D eigenvalue weighted by atomic mass is 32.2. The molecule has 0 rings (SSSR count). The lowest BCUT2D eigenvalue weighted by atomic mass is 10.6. The molecule has 0 fully saturated rings. The van der Waals surface area contributed by atoms with Crippen LogP contribution in [-0.2, 0) is 10.0 Å². The summed E-state index contributed by atoms with van der Waals surface area (Å²) in [6.45, 7) is 1.77. The number of sulfonamides is 1. The molecule has 0 aromatic heterocycles. The number of nitrogens with one attached hydrogen (secondary N) is 1. The normalized spacial score (nSPS) is 11.9. The lowest BCUT2D eigenvalue weighted by molar-refractivity contribution is 0.503. The topological polar surface area (TPSA) is 87.2 Å². The Balaban J connectivity index is 4.26. The van der Waals surface area contributed by atoms with Gasteiger partial charge in [-0.25, -0.2) is 8.42 Å². The zero-order valence-electron chi connectivity index (χ0n) is 7.37. The van der Waals surface area contributed by atoms with Crippen LogP contribution >= 0.6 is 0 Å². The molecule has 0 saturated heterocycles. The predicted molar refractivity (Wildman–Crippen MR) is 48.6 cm³/mol. The molecule has 0 amide bonds. The smallest absolute Gasteiger partial charge is 0.214 e. The van der Waals surface area contributed by atoms with Crippen LogP contribution in [0.4, 0.5) is 0 Å². The van der Waals surface area contributed by atoms with Crippen molar-refractivity contribution in [3.63, 3.8) is 0 Å². The van der Waals surface area contributed by atoms with Crippen molar-refractivity contribution in [1.29, 1.82) is 5.41 Å². The molecule has 0 aliphatic heterocycles. The maximum Gasteiger partial charge on any atom is 0.214 e. The summed E-state index contributed by atoms with van der Waals surface area (Å²) in [4.78, 5) is 0. The van der Waals surface area contributed by atoms with E-state index in [4.69, 9.17) is 11.1 Å². The number of nitrogens with two attached hydrogens (primary N) is 1. The van der Waals surface area contributed by atoms with Crippen molar-refractivity contribution in [2.24, 2.45) is 5.73 Å². The molecule has 3 N–H and O–H groups in total. The van der Waals surface area contributed by atoms with E-state index in [1.165, 1.54) is 7.05 Å². The van der Waals surface area contributed by atoms with Gasteiger partial charge in [0, 0.05) is 7.05 Å². The molecule has 5 nitrogen and oxygen atoms in total. The summed E-state index contributed by atoms with van der Waals surface area (Å²) in [5.74, 6) is -0.0336. The Morgan fingerprint density at radius 3 is 2.42 bits per heavy atom. The van der Waals surface area contributed by atoms with Gasteiger partial charge in [-0.1, -0.05) is 6.92 Å². The summed E-state index contributed by atoms with van der Waals surface area (Å²) in [6, 6.07) is 0. The van der Waals surface area contributed by atoms with Crippen LogP contribution in [0.5, 0.6) is 0 Å². The van der Waals surface area contributed by atoms with E-state index < -0.39 is 10.0 Å². The van der Waals surface area contributed by atoms with Crippen LogP contribution in [0.2, 0.25) is 0 Å². The van der Waals surface area contributed by atoms with Crippen molar-refractivity contribution in [2.45, 2.75) is 13.3 Å². The van der Waals surface area contributed by atoms with Gasteiger partial charge in [-0.15, -0.1) is 0 Å². The van der Waals surface area contributed by atoms with Gasteiger partial charge < -0.3 is 5.73 Å². The molecule has 0 aromatic carbocycles. The van der Waals surface area contributed by atoms with Crippen LogP contribution in [0.15, 0.2) is 0 Å². The molecule has 0 heterocycles. The molecular formula is C6H15N3O2S. The fraction of sp³-hybridized carbons (Fsp3) is 0.833. The highest BCUT2D eigenvalue weighted by Crippen LogP contribution is 1.98. The first-order valence-corrected chi connectivity index (χ1v) is 5.28. The molecule has 0 spiro atoms. The highest BCUT2D eigenvalue weighted by molar-refractivity contribution is 7.89. The summed E-state index contributed by atoms with van der Waals surface area (Å²) >= 11 is 0. The van der Waals surface area contributed by atoms with E-state index in [9.17, 15) is 8.42 Å². The van der Waals surface area contributed by atoms with Crippen LogP contribution in [0, 0.1) is 5.41 Å². The zero-order chi connectivity index (χ0) is 9.78. The largest absolute Gasteiger partial charge is 0.387 e.